The second kappa shape index (κ2) is 5.29. The van der Waals surface area contributed by atoms with E-state index >= 15 is 0 Å². The fourth-order valence-electron chi connectivity index (χ4n) is 1.42. The van der Waals surface area contributed by atoms with Crippen LogP contribution in [0.3, 0.4) is 0 Å². The molecule has 17 heavy (non-hydrogen) atoms. The third kappa shape index (κ3) is 3.17. The molecule has 0 bridgehead atoms. The maximum atomic E-state index is 5.30. The lowest BCUT2D eigenvalue weighted by Gasteiger charge is -2.05. The lowest BCUT2D eigenvalue weighted by Crippen LogP contribution is -2.02. The smallest absolute Gasteiger partial charge is 0.218 e. The highest BCUT2D eigenvalue weighted by atomic mass is 16.5. The average Bonchev–Trinajstić information content (AvgIpc) is 2.74. The summed E-state index contributed by atoms with van der Waals surface area (Å²) in [5.41, 5.74) is 1.10. The molecule has 0 atom stereocenters. The number of aromatic nitrogens is 4. The summed E-state index contributed by atoms with van der Waals surface area (Å²) in [7, 11) is 1.89. The third-order valence-corrected chi connectivity index (χ3v) is 2.17. The highest BCUT2D eigenvalue weighted by Crippen LogP contribution is 2.11. The van der Waals surface area contributed by atoms with Crippen LogP contribution >= 0.6 is 0 Å². The van der Waals surface area contributed by atoms with E-state index in [4.69, 9.17) is 4.74 Å². The van der Waals surface area contributed by atoms with E-state index in [0.717, 1.165) is 11.4 Å². The van der Waals surface area contributed by atoms with E-state index in [1.165, 1.54) is 6.33 Å². The zero-order valence-electron chi connectivity index (χ0n) is 9.92. The quantitative estimate of drug-likeness (QED) is 0.841. The SMILES string of the molecule is CCOc1cc(NCc2cnn(C)c2)ncn1. The normalized spacial score (nSPS) is 10.2. The number of hydrogen-bond donors (Lipinski definition) is 1. The first kappa shape index (κ1) is 11.4. The van der Waals surface area contributed by atoms with Gasteiger partial charge in [0, 0.05) is 31.4 Å². The van der Waals surface area contributed by atoms with Gasteiger partial charge in [0.25, 0.3) is 0 Å². The number of ether oxygens (including phenoxy) is 1. The van der Waals surface area contributed by atoms with Crippen molar-refractivity contribution in [3.8, 4) is 5.88 Å². The van der Waals surface area contributed by atoms with Crippen molar-refractivity contribution in [3.05, 3.63) is 30.4 Å². The lowest BCUT2D eigenvalue weighted by atomic mass is 10.3. The second-order valence-corrected chi connectivity index (χ2v) is 3.55. The maximum Gasteiger partial charge on any atom is 0.218 e. The Morgan fingerprint density at radius 2 is 2.29 bits per heavy atom. The summed E-state index contributed by atoms with van der Waals surface area (Å²) in [6.45, 7) is 3.19. The molecule has 0 aliphatic rings. The Balaban J connectivity index is 1.96. The summed E-state index contributed by atoms with van der Waals surface area (Å²) in [6, 6.07) is 1.78. The molecule has 0 spiro atoms. The van der Waals surface area contributed by atoms with Crippen LogP contribution in [-0.2, 0) is 13.6 Å². The van der Waals surface area contributed by atoms with Crippen molar-refractivity contribution >= 4 is 5.82 Å². The van der Waals surface area contributed by atoms with E-state index in [-0.39, 0.29) is 0 Å². The van der Waals surface area contributed by atoms with Crippen LogP contribution < -0.4 is 10.1 Å². The lowest BCUT2D eigenvalue weighted by molar-refractivity contribution is 0.326. The molecule has 0 saturated heterocycles. The summed E-state index contributed by atoms with van der Waals surface area (Å²) in [5, 5.41) is 7.28. The van der Waals surface area contributed by atoms with E-state index in [0.29, 0.717) is 19.0 Å². The zero-order chi connectivity index (χ0) is 12.1. The first-order valence-corrected chi connectivity index (χ1v) is 5.44. The second-order valence-electron chi connectivity index (χ2n) is 3.55. The van der Waals surface area contributed by atoms with Gasteiger partial charge in [-0.1, -0.05) is 0 Å². The Labute approximate surface area is 99.7 Å². The molecule has 2 heterocycles. The molecule has 0 saturated carbocycles. The van der Waals surface area contributed by atoms with Crippen LogP contribution in [-0.4, -0.2) is 26.4 Å². The highest BCUT2D eigenvalue weighted by molar-refractivity contribution is 5.37. The van der Waals surface area contributed by atoms with E-state index in [1.54, 1.807) is 10.7 Å². The molecule has 0 aliphatic carbocycles. The van der Waals surface area contributed by atoms with Gasteiger partial charge < -0.3 is 10.1 Å². The maximum absolute atomic E-state index is 5.30. The summed E-state index contributed by atoms with van der Waals surface area (Å²) in [4.78, 5) is 8.11. The predicted octanol–water partition coefficient (Wildman–Crippen LogP) is 1.22. The van der Waals surface area contributed by atoms with Crippen LogP contribution in [0.1, 0.15) is 12.5 Å². The first-order chi connectivity index (χ1) is 8.28. The standard InChI is InChI=1S/C11H15N5O/c1-3-17-11-4-10(13-8-14-11)12-5-9-6-15-16(2)7-9/h4,6-8H,3,5H2,1-2H3,(H,12,13,14). The predicted molar refractivity (Wildman–Crippen MR) is 63.7 cm³/mol. The summed E-state index contributed by atoms with van der Waals surface area (Å²) in [6.07, 6.45) is 5.26. The average molecular weight is 233 g/mol. The molecule has 2 aromatic rings. The number of aryl methyl sites for hydroxylation is 1. The Morgan fingerprint density at radius 1 is 1.41 bits per heavy atom. The van der Waals surface area contributed by atoms with Crippen molar-refractivity contribution in [2.75, 3.05) is 11.9 Å². The van der Waals surface area contributed by atoms with E-state index < -0.39 is 0 Å². The molecule has 0 aromatic carbocycles. The molecule has 0 radical (unpaired) electrons. The minimum Gasteiger partial charge on any atom is -0.478 e. The number of anilines is 1. The van der Waals surface area contributed by atoms with Crippen LogP contribution in [0.25, 0.3) is 0 Å². The van der Waals surface area contributed by atoms with Gasteiger partial charge in [-0.15, -0.1) is 0 Å². The van der Waals surface area contributed by atoms with Crippen molar-refractivity contribution in [2.24, 2.45) is 7.05 Å². The molecular formula is C11H15N5O. The van der Waals surface area contributed by atoms with Crippen LogP contribution in [0.2, 0.25) is 0 Å². The Bertz CT molecular complexity index is 482. The van der Waals surface area contributed by atoms with Gasteiger partial charge in [0.05, 0.1) is 12.8 Å². The largest absolute Gasteiger partial charge is 0.478 e. The van der Waals surface area contributed by atoms with Gasteiger partial charge in [-0.05, 0) is 6.92 Å². The third-order valence-electron chi connectivity index (χ3n) is 2.17. The topological polar surface area (TPSA) is 64.9 Å². The van der Waals surface area contributed by atoms with Crippen molar-refractivity contribution in [1.82, 2.24) is 19.7 Å². The van der Waals surface area contributed by atoms with Crippen LogP contribution in [0.15, 0.2) is 24.8 Å². The van der Waals surface area contributed by atoms with Crippen molar-refractivity contribution < 1.29 is 4.74 Å². The summed E-state index contributed by atoms with van der Waals surface area (Å²) >= 11 is 0. The first-order valence-electron chi connectivity index (χ1n) is 5.44. The molecule has 1 N–H and O–H groups in total. The van der Waals surface area contributed by atoms with Crippen molar-refractivity contribution in [3.63, 3.8) is 0 Å². The van der Waals surface area contributed by atoms with Gasteiger partial charge in [0.1, 0.15) is 12.1 Å². The Morgan fingerprint density at radius 3 is 3.00 bits per heavy atom. The molecule has 2 aromatic heterocycles. The summed E-state index contributed by atoms with van der Waals surface area (Å²) in [5.74, 6) is 1.32. The van der Waals surface area contributed by atoms with Crippen molar-refractivity contribution in [2.45, 2.75) is 13.5 Å². The molecular weight excluding hydrogens is 218 g/mol. The van der Waals surface area contributed by atoms with Gasteiger partial charge in [-0.3, -0.25) is 4.68 Å². The van der Waals surface area contributed by atoms with Gasteiger partial charge in [-0.2, -0.15) is 5.10 Å². The number of nitrogens with zero attached hydrogens (tertiary/aromatic N) is 4. The van der Waals surface area contributed by atoms with E-state index in [9.17, 15) is 0 Å². The molecule has 90 valence electrons. The molecule has 0 unspecified atom stereocenters. The van der Waals surface area contributed by atoms with Gasteiger partial charge in [-0.25, -0.2) is 9.97 Å². The molecule has 0 amide bonds. The monoisotopic (exact) mass is 233 g/mol. The number of nitrogens with one attached hydrogen (secondary N) is 1. The fourth-order valence-corrected chi connectivity index (χ4v) is 1.42. The number of rotatable bonds is 5. The summed E-state index contributed by atoms with van der Waals surface area (Å²) < 4.78 is 7.06. The van der Waals surface area contributed by atoms with Gasteiger partial charge in [0.15, 0.2) is 0 Å². The Kier molecular flexibility index (Phi) is 3.54. The van der Waals surface area contributed by atoms with Gasteiger partial charge in [0.2, 0.25) is 5.88 Å². The highest BCUT2D eigenvalue weighted by Gasteiger charge is 2.00. The number of hydrogen-bond acceptors (Lipinski definition) is 5. The van der Waals surface area contributed by atoms with Crippen LogP contribution in [0.5, 0.6) is 5.88 Å². The van der Waals surface area contributed by atoms with Crippen LogP contribution in [0, 0.1) is 0 Å². The molecule has 6 heteroatoms. The van der Waals surface area contributed by atoms with E-state index in [1.807, 2.05) is 26.4 Å². The molecule has 0 fully saturated rings. The zero-order valence-corrected chi connectivity index (χ0v) is 9.92. The fraction of sp³-hybridized carbons (Fsp3) is 0.364. The van der Waals surface area contributed by atoms with Crippen LogP contribution in [0.4, 0.5) is 5.82 Å². The van der Waals surface area contributed by atoms with Crippen molar-refractivity contribution in [1.29, 1.82) is 0 Å². The van der Waals surface area contributed by atoms with E-state index in [2.05, 4.69) is 20.4 Å². The molecule has 0 aliphatic heterocycles. The Hall–Kier alpha value is -2.11. The van der Waals surface area contributed by atoms with Gasteiger partial charge >= 0.3 is 0 Å². The minimum absolute atomic E-state index is 0.580. The minimum atomic E-state index is 0.580. The molecule has 2 rings (SSSR count). The molecule has 6 nitrogen and oxygen atoms in total.